The molecule has 0 bridgehead atoms. The van der Waals surface area contributed by atoms with Crippen LogP contribution in [0.5, 0.6) is 0 Å². The van der Waals surface area contributed by atoms with E-state index in [1.807, 2.05) is 19.2 Å². The number of rotatable bonds is 3. The van der Waals surface area contributed by atoms with Gasteiger partial charge in [-0.2, -0.15) is 0 Å². The second-order valence-electron chi connectivity index (χ2n) is 5.47. The van der Waals surface area contributed by atoms with Crippen LogP contribution >= 0.6 is 22.7 Å². The Balaban J connectivity index is 1.86. The number of pyridine rings is 1. The van der Waals surface area contributed by atoms with E-state index in [-0.39, 0.29) is 0 Å². The summed E-state index contributed by atoms with van der Waals surface area (Å²) in [5.74, 6) is 0.0332. The van der Waals surface area contributed by atoms with E-state index in [4.69, 9.17) is 0 Å². The minimum atomic E-state index is -0.621. The molecule has 0 amide bonds. The topological polar surface area (TPSA) is 50.7 Å². The van der Waals surface area contributed by atoms with E-state index in [0.717, 1.165) is 20.8 Å². The summed E-state index contributed by atoms with van der Waals surface area (Å²) in [5.41, 5.74) is 1.75. The third kappa shape index (κ3) is 3.10. The van der Waals surface area contributed by atoms with E-state index < -0.39 is 11.6 Å². The predicted octanol–water partition coefficient (Wildman–Crippen LogP) is 5.45. The zero-order chi connectivity index (χ0) is 17.6. The smallest absolute Gasteiger partial charge is 0.159 e. The normalized spacial score (nSPS) is 11.2. The molecule has 3 aromatic heterocycles. The number of aryl methyl sites for hydroxylation is 2. The van der Waals surface area contributed by atoms with Gasteiger partial charge in [0.2, 0.25) is 0 Å². The Morgan fingerprint density at radius 1 is 1.00 bits per heavy atom. The first-order valence-corrected chi connectivity index (χ1v) is 9.11. The molecule has 8 heteroatoms. The van der Waals surface area contributed by atoms with E-state index in [1.54, 1.807) is 6.20 Å². The van der Waals surface area contributed by atoms with Crippen LogP contribution < -0.4 is 5.32 Å². The summed E-state index contributed by atoms with van der Waals surface area (Å²) in [6.07, 6.45) is 1.61. The summed E-state index contributed by atoms with van der Waals surface area (Å²) >= 11 is 3.00. The van der Waals surface area contributed by atoms with E-state index in [0.29, 0.717) is 28.3 Å². The summed E-state index contributed by atoms with van der Waals surface area (Å²) < 4.78 is 28.0. The highest BCUT2D eigenvalue weighted by Gasteiger charge is 2.15. The number of fused-ring (bicyclic) bond motifs is 1. The molecule has 0 radical (unpaired) electrons. The molecule has 0 aliphatic heterocycles. The van der Waals surface area contributed by atoms with Crippen LogP contribution in [0.1, 0.15) is 10.0 Å². The van der Waals surface area contributed by atoms with Crippen LogP contribution in [0.15, 0.2) is 29.8 Å². The number of thiazole rings is 2. The minimum Gasteiger partial charge on any atom is -0.322 e. The molecule has 25 heavy (non-hydrogen) atoms. The van der Waals surface area contributed by atoms with E-state index in [1.165, 1.54) is 34.8 Å². The quantitative estimate of drug-likeness (QED) is 0.518. The first-order valence-electron chi connectivity index (χ1n) is 7.41. The van der Waals surface area contributed by atoms with Crippen LogP contribution in [-0.2, 0) is 0 Å². The van der Waals surface area contributed by atoms with Crippen molar-refractivity contribution in [3.05, 3.63) is 51.4 Å². The molecule has 0 fully saturated rings. The molecular formula is C17H12F2N4S2. The second-order valence-corrected chi connectivity index (χ2v) is 7.73. The number of anilines is 2. The van der Waals surface area contributed by atoms with Gasteiger partial charge in [0.05, 0.1) is 14.7 Å². The lowest BCUT2D eigenvalue weighted by Crippen LogP contribution is -1.96. The number of hydrogen-bond donors (Lipinski definition) is 1. The van der Waals surface area contributed by atoms with Crippen LogP contribution in [0, 0.1) is 25.5 Å². The van der Waals surface area contributed by atoms with Crippen molar-refractivity contribution in [2.45, 2.75) is 13.8 Å². The molecule has 0 unspecified atom stereocenters. The molecule has 4 aromatic rings. The first-order chi connectivity index (χ1) is 12.0. The number of benzene rings is 1. The van der Waals surface area contributed by atoms with Crippen molar-refractivity contribution < 1.29 is 8.78 Å². The molecule has 3 heterocycles. The van der Waals surface area contributed by atoms with Crippen molar-refractivity contribution in [3.8, 4) is 11.1 Å². The molecule has 1 aromatic carbocycles. The van der Waals surface area contributed by atoms with Gasteiger partial charge in [0.25, 0.3) is 0 Å². The predicted molar refractivity (Wildman–Crippen MR) is 97.6 cm³/mol. The highest BCUT2D eigenvalue weighted by atomic mass is 32.1. The lowest BCUT2D eigenvalue weighted by Gasteiger charge is -2.07. The molecule has 4 nitrogen and oxygen atoms in total. The average molecular weight is 374 g/mol. The summed E-state index contributed by atoms with van der Waals surface area (Å²) in [4.78, 5) is 13.3. The van der Waals surface area contributed by atoms with E-state index >= 15 is 0 Å². The first kappa shape index (κ1) is 16.0. The van der Waals surface area contributed by atoms with Gasteiger partial charge in [0.15, 0.2) is 5.82 Å². The summed E-state index contributed by atoms with van der Waals surface area (Å²) in [6, 6.07) is 3.45. The summed E-state index contributed by atoms with van der Waals surface area (Å²) in [5, 5.41) is 6.86. The zero-order valence-corrected chi connectivity index (χ0v) is 14.9. The zero-order valence-electron chi connectivity index (χ0n) is 13.3. The molecular weight excluding hydrogens is 362 g/mol. The Hall–Kier alpha value is -2.45. The van der Waals surface area contributed by atoms with Gasteiger partial charge in [-0.1, -0.05) is 0 Å². The lowest BCUT2D eigenvalue weighted by molar-refractivity contribution is 0.584. The number of nitrogens with one attached hydrogen (secondary N) is 1. The Labute approximate surface area is 150 Å². The van der Waals surface area contributed by atoms with Gasteiger partial charge in [-0.15, -0.1) is 22.7 Å². The fourth-order valence-electron chi connectivity index (χ4n) is 2.57. The molecule has 0 saturated heterocycles. The van der Waals surface area contributed by atoms with E-state index in [2.05, 4.69) is 20.3 Å². The van der Waals surface area contributed by atoms with Crippen molar-refractivity contribution in [1.82, 2.24) is 15.0 Å². The highest BCUT2D eigenvalue weighted by Crippen LogP contribution is 2.36. The third-order valence-corrected chi connectivity index (χ3v) is 5.34. The van der Waals surface area contributed by atoms with Crippen LogP contribution in [0.3, 0.4) is 0 Å². The monoisotopic (exact) mass is 374 g/mol. The maximum Gasteiger partial charge on any atom is 0.159 e. The second kappa shape index (κ2) is 6.12. The van der Waals surface area contributed by atoms with Gasteiger partial charge < -0.3 is 5.32 Å². The standard InChI is InChI=1S/C17H12F2N4S2/c1-8-21-14(7-24-8)23-17-15-16(25-9(2)22-15)13(6-20-17)10-3-11(18)5-12(19)4-10/h3-7H,1-2H3,(H,20,23). The van der Waals surface area contributed by atoms with Gasteiger partial charge in [0.1, 0.15) is 23.0 Å². The number of halogens is 2. The largest absolute Gasteiger partial charge is 0.322 e. The average Bonchev–Trinajstić information content (AvgIpc) is 3.12. The minimum absolute atomic E-state index is 0.440. The maximum absolute atomic E-state index is 13.6. The van der Waals surface area contributed by atoms with Crippen LogP contribution in [0.2, 0.25) is 0 Å². The van der Waals surface area contributed by atoms with Gasteiger partial charge in [0, 0.05) is 23.2 Å². The van der Waals surface area contributed by atoms with Crippen LogP contribution in [-0.4, -0.2) is 15.0 Å². The van der Waals surface area contributed by atoms with E-state index in [9.17, 15) is 8.78 Å². The number of nitrogens with zero attached hydrogens (tertiary/aromatic N) is 3. The summed E-state index contributed by atoms with van der Waals surface area (Å²) in [6.45, 7) is 3.81. The molecule has 0 saturated carbocycles. The van der Waals surface area contributed by atoms with Crippen molar-refractivity contribution >= 4 is 44.5 Å². The summed E-state index contributed by atoms with van der Waals surface area (Å²) in [7, 11) is 0. The van der Waals surface area contributed by atoms with Gasteiger partial charge in [-0.25, -0.2) is 23.7 Å². The molecule has 0 spiro atoms. The van der Waals surface area contributed by atoms with Crippen molar-refractivity contribution in [1.29, 1.82) is 0 Å². The van der Waals surface area contributed by atoms with Crippen LogP contribution in [0.25, 0.3) is 21.3 Å². The van der Waals surface area contributed by atoms with Gasteiger partial charge in [-0.05, 0) is 31.5 Å². The van der Waals surface area contributed by atoms with Crippen molar-refractivity contribution in [2.24, 2.45) is 0 Å². The number of aromatic nitrogens is 3. The Morgan fingerprint density at radius 2 is 1.76 bits per heavy atom. The van der Waals surface area contributed by atoms with Crippen molar-refractivity contribution in [2.75, 3.05) is 5.32 Å². The van der Waals surface area contributed by atoms with Crippen molar-refractivity contribution in [3.63, 3.8) is 0 Å². The molecule has 4 rings (SSSR count). The molecule has 0 aliphatic rings. The highest BCUT2D eigenvalue weighted by molar-refractivity contribution is 7.19. The number of hydrogen-bond acceptors (Lipinski definition) is 6. The van der Waals surface area contributed by atoms with Gasteiger partial charge in [-0.3, -0.25) is 0 Å². The molecule has 0 atom stereocenters. The van der Waals surface area contributed by atoms with Gasteiger partial charge >= 0.3 is 0 Å². The maximum atomic E-state index is 13.6. The Bertz CT molecular complexity index is 1070. The molecule has 0 aliphatic carbocycles. The molecule has 126 valence electrons. The Kier molecular flexibility index (Phi) is 3.93. The SMILES string of the molecule is Cc1nc(Nc2ncc(-c3cc(F)cc(F)c3)c3sc(C)nc23)cs1. The third-order valence-electron chi connectivity index (χ3n) is 3.56. The fourth-order valence-corrected chi connectivity index (χ4v) is 4.06. The molecule has 1 N–H and O–H groups in total. The lowest BCUT2D eigenvalue weighted by atomic mass is 10.1. The Morgan fingerprint density at radius 3 is 2.44 bits per heavy atom. The fraction of sp³-hybridized carbons (Fsp3) is 0.118. The van der Waals surface area contributed by atoms with Crippen LogP contribution in [0.4, 0.5) is 20.4 Å².